The lowest BCUT2D eigenvalue weighted by Gasteiger charge is -2.12. The Morgan fingerprint density at radius 2 is 2.07 bits per heavy atom. The Morgan fingerprint density at radius 3 is 2.82 bits per heavy atom. The van der Waals surface area contributed by atoms with E-state index >= 15 is 0 Å². The lowest BCUT2D eigenvalue weighted by Crippen LogP contribution is -2.14. The highest BCUT2D eigenvalue weighted by Crippen LogP contribution is 2.30. The van der Waals surface area contributed by atoms with Gasteiger partial charge in [0.1, 0.15) is 23.6 Å². The fourth-order valence-corrected chi connectivity index (χ4v) is 4.27. The maximum atomic E-state index is 13.8. The van der Waals surface area contributed by atoms with E-state index < -0.39 is 21.8 Å². The molecule has 0 aliphatic carbocycles. The average Bonchev–Trinajstić information content (AvgIpc) is 2.86. The number of halogens is 1. The topological polar surface area (TPSA) is 114 Å². The average molecular weight is 402 g/mol. The van der Waals surface area contributed by atoms with Crippen LogP contribution >= 0.6 is 0 Å². The van der Waals surface area contributed by atoms with Crippen molar-refractivity contribution in [1.29, 1.82) is 0 Å². The van der Waals surface area contributed by atoms with E-state index in [9.17, 15) is 22.7 Å². The summed E-state index contributed by atoms with van der Waals surface area (Å²) in [7, 11) is -3.76. The lowest BCUT2D eigenvalue weighted by atomic mass is 10.1. The Labute approximate surface area is 159 Å². The van der Waals surface area contributed by atoms with Crippen LogP contribution in [0.1, 0.15) is 17.0 Å². The first-order chi connectivity index (χ1) is 13.3. The highest BCUT2D eigenvalue weighted by atomic mass is 32.2. The molecule has 2 aromatic heterocycles. The number of aromatic nitrogens is 2. The number of carboxylic acids is 1. The van der Waals surface area contributed by atoms with Gasteiger partial charge in [0.15, 0.2) is 5.82 Å². The number of nitrogens with zero attached hydrogens (tertiary/aromatic N) is 3. The Balaban J connectivity index is 1.82. The number of aliphatic carboxylic acids is 1. The number of pyridine rings is 1. The summed E-state index contributed by atoms with van der Waals surface area (Å²) in [6, 6.07) is 7.19. The second-order valence-electron chi connectivity index (χ2n) is 6.39. The van der Waals surface area contributed by atoms with Crippen LogP contribution in [0, 0.1) is 12.7 Å². The van der Waals surface area contributed by atoms with E-state index in [-0.39, 0.29) is 23.7 Å². The molecular formula is C18H15FN4O4S. The number of benzene rings is 1. The molecule has 0 saturated carbocycles. The van der Waals surface area contributed by atoms with Crippen LogP contribution in [0.5, 0.6) is 0 Å². The maximum Gasteiger partial charge on any atom is 0.323 e. The summed E-state index contributed by atoms with van der Waals surface area (Å²) in [6.45, 7) is 1.52. The molecule has 0 saturated heterocycles. The molecule has 1 aliphatic rings. The molecular weight excluding hydrogens is 387 g/mol. The SMILES string of the molecule is Cc1c(Cc2ccc3c(n2)NC=NS3(=O)=O)c2cc(F)ccc2n1CC(=O)O. The zero-order valence-corrected chi connectivity index (χ0v) is 15.5. The van der Waals surface area contributed by atoms with Crippen molar-refractivity contribution in [2.24, 2.45) is 4.40 Å². The van der Waals surface area contributed by atoms with E-state index in [1.165, 1.54) is 18.2 Å². The molecule has 0 fully saturated rings. The minimum atomic E-state index is -3.76. The number of carbonyl (C=O) groups is 1. The van der Waals surface area contributed by atoms with Crippen LogP contribution in [0.3, 0.4) is 0 Å². The van der Waals surface area contributed by atoms with Gasteiger partial charge in [-0.1, -0.05) is 0 Å². The van der Waals surface area contributed by atoms with Gasteiger partial charge in [0.05, 0.1) is 0 Å². The second kappa shape index (κ2) is 6.41. The molecule has 2 N–H and O–H groups in total. The first-order valence-corrected chi connectivity index (χ1v) is 9.74. The van der Waals surface area contributed by atoms with E-state index in [1.54, 1.807) is 23.6 Å². The van der Waals surface area contributed by atoms with Crippen molar-refractivity contribution in [3.05, 3.63) is 53.1 Å². The van der Waals surface area contributed by atoms with Gasteiger partial charge in [-0.3, -0.25) is 4.79 Å². The third-order valence-electron chi connectivity index (χ3n) is 4.65. The minimum absolute atomic E-state index is 0.0187. The number of rotatable bonds is 4. The molecule has 3 heterocycles. The molecule has 0 amide bonds. The van der Waals surface area contributed by atoms with Gasteiger partial charge in [-0.25, -0.2) is 9.37 Å². The third-order valence-corrected chi connectivity index (χ3v) is 5.92. The smallest absolute Gasteiger partial charge is 0.323 e. The molecule has 0 bridgehead atoms. The van der Waals surface area contributed by atoms with Crippen LogP contribution < -0.4 is 5.32 Å². The highest BCUT2D eigenvalue weighted by Gasteiger charge is 2.23. The quantitative estimate of drug-likeness (QED) is 0.692. The fourth-order valence-electron chi connectivity index (χ4n) is 3.38. The van der Waals surface area contributed by atoms with Gasteiger partial charge in [0.2, 0.25) is 0 Å². The summed E-state index contributed by atoms with van der Waals surface area (Å²) in [5.41, 5.74) is 2.58. The van der Waals surface area contributed by atoms with Gasteiger partial charge in [-0.2, -0.15) is 8.42 Å². The van der Waals surface area contributed by atoms with Crippen molar-refractivity contribution in [2.45, 2.75) is 24.8 Å². The number of carboxylic acid groups (broad SMARTS) is 1. The molecule has 144 valence electrons. The van der Waals surface area contributed by atoms with E-state index in [1.807, 2.05) is 0 Å². The van der Waals surface area contributed by atoms with Crippen LogP contribution in [-0.4, -0.2) is 35.4 Å². The maximum absolute atomic E-state index is 13.8. The van der Waals surface area contributed by atoms with Crippen molar-refractivity contribution < 1.29 is 22.7 Å². The van der Waals surface area contributed by atoms with Crippen molar-refractivity contribution in [1.82, 2.24) is 9.55 Å². The first-order valence-electron chi connectivity index (χ1n) is 8.30. The standard InChI is InChI=1S/C18H15FN4O4S/c1-10-13(14-6-11(19)2-4-15(14)23(10)8-17(24)25)7-12-3-5-16-18(22-12)20-9-21-28(16,26)27/h2-6,9H,7-8H2,1H3,(H,24,25)(H,20,21,22). The predicted molar refractivity (Wildman–Crippen MR) is 101 cm³/mol. The Kier molecular flexibility index (Phi) is 4.15. The number of hydrogen-bond donors (Lipinski definition) is 2. The fraction of sp³-hybridized carbons (Fsp3) is 0.167. The number of hydrogen-bond acceptors (Lipinski definition) is 5. The highest BCUT2D eigenvalue weighted by molar-refractivity contribution is 7.90. The van der Waals surface area contributed by atoms with E-state index in [4.69, 9.17) is 0 Å². The molecule has 8 nitrogen and oxygen atoms in total. The molecule has 1 aliphatic heterocycles. The molecule has 4 rings (SSSR count). The number of anilines is 1. The third kappa shape index (κ3) is 3.01. The van der Waals surface area contributed by atoms with Gasteiger partial charge in [0.25, 0.3) is 10.0 Å². The zero-order chi connectivity index (χ0) is 20.1. The summed E-state index contributed by atoms with van der Waals surface area (Å²) in [6.07, 6.45) is 1.35. The van der Waals surface area contributed by atoms with Crippen molar-refractivity contribution in [3.63, 3.8) is 0 Å². The molecule has 0 radical (unpaired) electrons. The Hall–Kier alpha value is -3.27. The molecule has 28 heavy (non-hydrogen) atoms. The van der Waals surface area contributed by atoms with Crippen LogP contribution in [0.25, 0.3) is 10.9 Å². The molecule has 0 spiro atoms. The van der Waals surface area contributed by atoms with E-state index in [0.717, 1.165) is 11.9 Å². The Morgan fingerprint density at radius 1 is 1.29 bits per heavy atom. The number of nitrogens with one attached hydrogen (secondary N) is 1. The zero-order valence-electron chi connectivity index (χ0n) is 14.7. The minimum Gasteiger partial charge on any atom is -0.480 e. The largest absolute Gasteiger partial charge is 0.480 e. The van der Waals surface area contributed by atoms with Gasteiger partial charge in [-0.15, -0.1) is 4.40 Å². The monoisotopic (exact) mass is 402 g/mol. The summed E-state index contributed by atoms with van der Waals surface area (Å²) < 4.78 is 42.7. The number of sulfonamides is 1. The van der Waals surface area contributed by atoms with Crippen LogP contribution in [0.4, 0.5) is 10.2 Å². The van der Waals surface area contributed by atoms with Crippen LogP contribution in [-0.2, 0) is 27.8 Å². The predicted octanol–water partition coefficient (Wildman–Crippen LogP) is 2.30. The van der Waals surface area contributed by atoms with Gasteiger partial charge >= 0.3 is 5.97 Å². The summed E-state index contributed by atoms with van der Waals surface area (Å²) >= 11 is 0. The van der Waals surface area contributed by atoms with Gasteiger partial charge in [-0.05, 0) is 42.8 Å². The van der Waals surface area contributed by atoms with Gasteiger partial charge < -0.3 is 15.0 Å². The van der Waals surface area contributed by atoms with Gasteiger partial charge in [0, 0.05) is 28.7 Å². The summed E-state index contributed by atoms with van der Waals surface area (Å²) in [5, 5.41) is 12.5. The lowest BCUT2D eigenvalue weighted by molar-refractivity contribution is -0.137. The van der Waals surface area contributed by atoms with Crippen LogP contribution in [0.15, 0.2) is 39.6 Å². The second-order valence-corrected chi connectivity index (χ2v) is 7.99. The molecule has 0 unspecified atom stereocenters. The van der Waals surface area contributed by atoms with Crippen LogP contribution in [0.2, 0.25) is 0 Å². The number of fused-ring (bicyclic) bond motifs is 2. The summed E-state index contributed by atoms with van der Waals surface area (Å²) in [5.74, 6) is -1.26. The van der Waals surface area contributed by atoms with E-state index in [2.05, 4.69) is 14.7 Å². The first kappa shape index (κ1) is 18.1. The summed E-state index contributed by atoms with van der Waals surface area (Å²) in [4.78, 5) is 15.6. The Bertz CT molecular complexity index is 1260. The van der Waals surface area contributed by atoms with E-state index in [0.29, 0.717) is 22.3 Å². The van der Waals surface area contributed by atoms with Crippen molar-refractivity contribution in [3.8, 4) is 0 Å². The molecule has 3 aromatic rings. The normalized spacial score (nSPS) is 14.6. The van der Waals surface area contributed by atoms with Crippen molar-refractivity contribution in [2.75, 3.05) is 5.32 Å². The molecule has 10 heteroatoms. The molecule has 0 atom stereocenters. The van der Waals surface area contributed by atoms with Crippen molar-refractivity contribution >= 4 is 39.1 Å². The molecule has 1 aromatic carbocycles.